The summed E-state index contributed by atoms with van der Waals surface area (Å²) in [6, 6.07) is 14.9. The van der Waals surface area contributed by atoms with E-state index in [2.05, 4.69) is 52.8 Å². The number of rotatable bonds is 2. The van der Waals surface area contributed by atoms with Crippen molar-refractivity contribution in [2.45, 2.75) is 13.8 Å². The number of allylic oxidation sites excluding steroid dienone is 2. The molecule has 0 radical (unpaired) electrons. The van der Waals surface area contributed by atoms with E-state index < -0.39 is 0 Å². The molecule has 3 aromatic heterocycles. The molecule has 0 spiro atoms. The number of benzene rings is 1. The van der Waals surface area contributed by atoms with E-state index in [0.29, 0.717) is 0 Å². The number of ketones is 1. The van der Waals surface area contributed by atoms with Crippen LogP contribution < -0.4 is 0 Å². The maximum atomic E-state index is 10.0. The van der Waals surface area contributed by atoms with Gasteiger partial charge in [-0.25, -0.2) is 0 Å². The monoisotopic (exact) mass is 367 g/mol. The summed E-state index contributed by atoms with van der Waals surface area (Å²) in [5.74, 6) is -0.0625. The van der Waals surface area contributed by atoms with Crippen LogP contribution in [-0.2, 0) is 4.79 Å². The Kier molecular flexibility index (Phi) is 5.26. The van der Waals surface area contributed by atoms with Crippen molar-refractivity contribution in [2.24, 2.45) is 0 Å². The Morgan fingerprint density at radius 3 is 2.60 bits per heavy atom. The van der Waals surface area contributed by atoms with Crippen LogP contribution in [0.15, 0.2) is 65.9 Å². The number of carbonyl (C=O) groups is 1. The lowest BCUT2D eigenvalue weighted by Gasteiger charge is -2.02. The molecule has 0 fully saturated rings. The molecule has 1 aromatic carbocycles. The van der Waals surface area contributed by atoms with Crippen LogP contribution in [0.4, 0.5) is 0 Å². The molecule has 4 rings (SSSR count). The van der Waals surface area contributed by atoms with E-state index >= 15 is 0 Å². The van der Waals surface area contributed by atoms with Gasteiger partial charge in [0.2, 0.25) is 0 Å². The first-order valence-corrected chi connectivity index (χ1v) is 9.43. The third-order valence-corrected chi connectivity index (χ3v) is 5.56. The van der Waals surface area contributed by atoms with Crippen LogP contribution >= 0.6 is 22.7 Å². The smallest absolute Gasteiger partial charge is 0.155 e. The van der Waals surface area contributed by atoms with Gasteiger partial charge in [-0.2, -0.15) is 0 Å². The van der Waals surface area contributed by atoms with Crippen LogP contribution in [0.25, 0.3) is 30.7 Å². The van der Waals surface area contributed by atoms with Crippen LogP contribution in [0.3, 0.4) is 0 Å². The number of aromatic nitrogens is 1. The van der Waals surface area contributed by atoms with E-state index in [-0.39, 0.29) is 11.5 Å². The Morgan fingerprint density at radius 1 is 1.12 bits per heavy atom. The molecule has 0 saturated heterocycles. The molecule has 0 bridgehead atoms. The van der Waals surface area contributed by atoms with Crippen molar-refractivity contribution in [3.8, 4) is 10.6 Å². The molecule has 0 aliphatic heterocycles. The summed E-state index contributed by atoms with van der Waals surface area (Å²) in [4.78, 5) is 15.8. The molecule has 0 unspecified atom stereocenters. The Labute approximate surface area is 153 Å². The van der Waals surface area contributed by atoms with Gasteiger partial charge in [0.25, 0.3) is 0 Å². The highest BCUT2D eigenvalue weighted by molar-refractivity contribution is 7.28. The molecule has 3 heterocycles. The number of fused-ring (bicyclic) bond motifs is 2. The van der Waals surface area contributed by atoms with Crippen LogP contribution in [0.2, 0.25) is 0 Å². The van der Waals surface area contributed by atoms with Crippen molar-refractivity contribution >= 4 is 48.6 Å². The number of thiophene rings is 2. The number of pyridine rings is 1. The predicted octanol–water partition coefficient (Wildman–Crippen LogP) is 6.22. The Morgan fingerprint density at radius 2 is 1.92 bits per heavy atom. The van der Waals surface area contributed by atoms with Crippen LogP contribution in [0.5, 0.6) is 0 Å². The van der Waals surface area contributed by atoms with Gasteiger partial charge in [0.15, 0.2) is 5.78 Å². The normalized spacial score (nSPS) is 11.4. The summed E-state index contributed by atoms with van der Waals surface area (Å²) in [7, 11) is 0. The number of carbonyl (C=O) groups excluding carboxylic acids is 1. The van der Waals surface area contributed by atoms with E-state index in [1.54, 1.807) is 11.3 Å². The van der Waals surface area contributed by atoms with Gasteiger partial charge in [0, 0.05) is 27.1 Å². The first-order chi connectivity index (χ1) is 12.0. The third-order valence-electron chi connectivity index (χ3n) is 3.46. The summed E-state index contributed by atoms with van der Waals surface area (Å²) < 4.78 is 2.70. The number of nitrogens with zero attached hydrogens (tertiary/aromatic N) is 1. The fourth-order valence-corrected chi connectivity index (χ4v) is 4.61. The van der Waals surface area contributed by atoms with Gasteiger partial charge in [-0.15, -0.1) is 22.7 Å². The van der Waals surface area contributed by atoms with Gasteiger partial charge in [0.1, 0.15) is 0 Å². The minimum atomic E-state index is -0.125. The number of hydrogen-bond donors (Lipinski definition) is 1. The minimum Gasteiger partial charge on any atom is -0.512 e. The van der Waals surface area contributed by atoms with E-state index in [1.807, 2.05) is 17.5 Å². The van der Waals surface area contributed by atoms with Gasteiger partial charge >= 0.3 is 0 Å². The summed E-state index contributed by atoms with van der Waals surface area (Å²) in [5, 5.41) is 13.0. The quantitative estimate of drug-likeness (QED) is 0.338. The van der Waals surface area contributed by atoms with E-state index in [0.717, 1.165) is 5.69 Å². The molecule has 3 nitrogen and oxygen atoms in total. The maximum Gasteiger partial charge on any atom is 0.155 e. The Bertz CT molecular complexity index is 1020. The molecule has 1 N–H and O–H groups in total. The highest BCUT2D eigenvalue weighted by Crippen LogP contribution is 2.37. The van der Waals surface area contributed by atoms with Gasteiger partial charge in [-0.05, 0) is 42.8 Å². The molecule has 0 aliphatic carbocycles. The molecular formula is C20H17NO2S2. The average Bonchev–Trinajstić information content (AvgIpc) is 3.15. The molecule has 0 saturated carbocycles. The van der Waals surface area contributed by atoms with Crippen molar-refractivity contribution in [1.82, 2.24) is 4.98 Å². The number of aliphatic hydroxyl groups excluding tert-OH is 1. The summed E-state index contributed by atoms with van der Waals surface area (Å²) >= 11 is 3.61. The van der Waals surface area contributed by atoms with Gasteiger partial charge < -0.3 is 5.11 Å². The Hall–Kier alpha value is -2.50. The van der Waals surface area contributed by atoms with Gasteiger partial charge in [-0.3, -0.25) is 9.78 Å². The standard InChI is InChI=1S/C15H9NS2.C5H8O2/c1-2-4-11-10(3-1)5-7-16-15(11)14-9-13-12(18-14)6-8-17-13;1-4(6)3-5(2)7/h1-9H;3,6H,1-2H3/b;4-3-. The number of hydrogen-bond acceptors (Lipinski definition) is 5. The molecule has 5 heteroatoms. The Balaban J connectivity index is 0.000000225. The second kappa shape index (κ2) is 7.59. The second-order valence-corrected chi connectivity index (χ2v) is 7.57. The molecular weight excluding hydrogens is 350 g/mol. The lowest BCUT2D eigenvalue weighted by Crippen LogP contribution is -1.82. The van der Waals surface area contributed by atoms with Crippen molar-refractivity contribution < 1.29 is 9.90 Å². The van der Waals surface area contributed by atoms with Crippen molar-refractivity contribution in [1.29, 1.82) is 0 Å². The topological polar surface area (TPSA) is 50.2 Å². The van der Waals surface area contributed by atoms with Gasteiger partial charge in [-0.1, -0.05) is 24.3 Å². The first-order valence-electron chi connectivity index (χ1n) is 7.73. The van der Waals surface area contributed by atoms with Crippen molar-refractivity contribution in [3.05, 3.63) is 65.9 Å². The summed E-state index contributed by atoms with van der Waals surface area (Å²) in [6.45, 7) is 2.85. The molecule has 0 amide bonds. The molecule has 0 aliphatic rings. The largest absolute Gasteiger partial charge is 0.512 e. The highest BCUT2D eigenvalue weighted by Gasteiger charge is 2.09. The first kappa shape index (κ1) is 17.3. The molecule has 4 aromatic rings. The SMILES string of the molecule is CC(=O)/C=C(/C)O.c1ccc2c(-c3cc4sccc4s3)nccc2c1. The van der Waals surface area contributed by atoms with Crippen molar-refractivity contribution in [3.63, 3.8) is 0 Å². The highest BCUT2D eigenvalue weighted by atomic mass is 32.1. The minimum absolute atomic E-state index is 0.0625. The zero-order valence-corrected chi connectivity index (χ0v) is 15.5. The summed E-state index contributed by atoms with van der Waals surface area (Å²) in [6.07, 6.45) is 3.06. The van der Waals surface area contributed by atoms with Crippen LogP contribution in [0.1, 0.15) is 13.8 Å². The third kappa shape index (κ3) is 4.13. The lowest BCUT2D eigenvalue weighted by molar-refractivity contribution is -0.112. The fraction of sp³-hybridized carbons (Fsp3) is 0.100. The van der Waals surface area contributed by atoms with Crippen LogP contribution in [-0.4, -0.2) is 15.9 Å². The fourth-order valence-electron chi connectivity index (χ4n) is 2.49. The van der Waals surface area contributed by atoms with Crippen LogP contribution in [0, 0.1) is 0 Å². The van der Waals surface area contributed by atoms with E-state index in [9.17, 15) is 4.79 Å². The van der Waals surface area contributed by atoms with E-state index in [1.165, 1.54) is 45.0 Å². The molecule has 126 valence electrons. The summed E-state index contributed by atoms with van der Waals surface area (Å²) in [5.41, 5.74) is 1.10. The molecule has 25 heavy (non-hydrogen) atoms. The van der Waals surface area contributed by atoms with Crippen molar-refractivity contribution in [2.75, 3.05) is 0 Å². The number of aliphatic hydroxyl groups is 1. The molecule has 0 atom stereocenters. The predicted molar refractivity (Wildman–Crippen MR) is 108 cm³/mol. The second-order valence-electron chi connectivity index (χ2n) is 5.54. The lowest BCUT2D eigenvalue weighted by atomic mass is 10.1. The maximum absolute atomic E-state index is 10.0. The zero-order chi connectivity index (χ0) is 17.8. The van der Waals surface area contributed by atoms with Gasteiger partial charge in [0.05, 0.1) is 16.3 Å². The average molecular weight is 367 g/mol. The zero-order valence-electron chi connectivity index (χ0n) is 13.9. The van der Waals surface area contributed by atoms with E-state index in [4.69, 9.17) is 5.11 Å².